The third-order valence-corrected chi connectivity index (χ3v) is 9.57. The molecule has 4 nitrogen and oxygen atoms in total. The van der Waals surface area contributed by atoms with Crippen LogP contribution in [0.1, 0.15) is 35.4 Å². The molecule has 0 N–H and O–H groups in total. The lowest BCUT2D eigenvalue weighted by Gasteiger charge is -2.28. The van der Waals surface area contributed by atoms with Gasteiger partial charge in [-0.3, -0.25) is 9.36 Å². The van der Waals surface area contributed by atoms with Crippen molar-refractivity contribution in [2.45, 2.75) is 48.6 Å². The Balaban J connectivity index is 1.63. The molecular weight excluding hydrogens is 468 g/mol. The van der Waals surface area contributed by atoms with E-state index in [1.165, 1.54) is 16.0 Å². The minimum Gasteiger partial charge on any atom is -0.497 e. The van der Waals surface area contributed by atoms with Crippen LogP contribution >= 0.6 is 34.9 Å². The van der Waals surface area contributed by atoms with Gasteiger partial charge in [0.05, 0.1) is 18.2 Å². The molecule has 3 heterocycles. The van der Waals surface area contributed by atoms with Gasteiger partial charge in [0.25, 0.3) is 5.56 Å². The zero-order chi connectivity index (χ0) is 23.2. The van der Waals surface area contributed by atoms with Crippen LogP contribution in [0.4, 0.5) is 0 Å². The number of aryl methyl sites for hydroxylation is 1. The molecule has 4 aromatic rings. The van der Waals surface area contributed by atoms with E-state index in [9.17, 15) is 4.79 Å². The van der Waals surface area contributed by atoms with Crippen LogP contribution in [0.5, 0.6) is 5.75 Å². The van der Waals surface area contributed by atoms with Gasteiger partial charge in [-0.2, -0.15) is 0 Å². The van der Waals surface area contributed by atoms with Crippen molar-refractivity contribution in [3.63, 3.8) is 0 Å². The topological polar surface area (TPSA) is 44.1 Å². The third-order valence-electron chi connectivity index (χ3n) is 5.89. The summed E-state index contributed by atoms with van der Waals surface area (Å²) in [5.74, 6) is 2.51. The number of thioether (sulfide) groups is 2. The molecule has 0 spiro atoms. The maximum Gasteiger partial charge on any atom is 0.267 e. The number of ether oxygens (including phenoxy) is 1. The fourth-order valence-corrected chi connectivity index (χ4v) is 7.41. The van der Waals surface area contributed by atoms with Gasteiger partial charge in [-0.25, -0.2) is 4.98 Å². The Morgan fingerprint density at radius 1 is 1.12 bits per heavy atom. The van der Waals surface area contributed by atoms with E-state index in [2.05, 4.69) is 32.9 Å². The summed E-state index contributed by atoms with van der Waals surface area (Å²) in [5, 5.41) is 1.54. The van der Waals surface area contributed by atoms with Crippen LogP contribution in [0.2, 0.25) is 0 Å². The summed E-state index contributed by atoms with van der Waals surface area (Å²) < 4.78 is 7.20. The minimum absolute atomic E-state index is 0.0429. The van der Waals surface area contributed by atoms with Crippen molar-refractivity contribution in [1.82, 2.24) is 9.55 Å². The number of thiophene rings is 1. The number of methoxy groups -OCH3 is 1. The molecule has 0 saturated heterocycles. The maximum absolute atomic E-state index is 14.0. The molecule has 2 aromatic carbocycles. The highest BCUT2D eigenvalue weighted by atomic mass is 32.2. The van der Waals surface area contributed by atoms with Crippen LogP contribution in [0, 0.1) is 6.92 Å². The molecule has 0 amide bonds. The summed E-state index contributed by atoms with van der Waals surface area (Å²) >= 11 is 5.25. The van der Waals surface area contributed by atoms with Gasteiger partial charge in [-0.15, -0.1) is 23.1 Å². The largest absolute Gasteiger partial charge is 0.497 e. The highest BCUT2D eigenvalue weighted by Gasteiger charge is 2.31. The molecule has 2 aromatic heterocycles. The normalized spacial score (nSPS) is 14.9. The molecule has 1 aliphatic heterocycles. The second-order valence-electron chi connectivity index (χ2n) is 8.92. The molecule has 0 saturated carbocycles. The predicted octanol–water partition coefficient (Wildman–Crippen LogP) is 6.62. The van der Waals surface area contributed by atoms with Crippen molar-refractivity contribution in [1.29, 1.82) is 0 Å². The molecule has 33 heavy (non-hydrogen) atoms. The third kappa shape index (κ3) is 4.46. The molecule has 0 atom stereocenters. The van der Waals surface area contributed by atoms with Gasteiger partial charge in [0, 0.05) is 21.1 Å². The molecular formula is C26H26N2O2S3. The molecule has 0 aliphatic carbocycles. The van der Waals surface area contributed by atoms with Gasteiger partial charge < -0.3 is 4.74 Å². The van der Waals surface area contributed by atoms with E-state index in [1.54, 1.807) is 34.8 Å². The second kappa shape index (κ2) is 8.85. The fourth-order valence-electron chi connectivity index (χ4n) is 4.06. The number of aromatic nitrogens is 2. The van der Waals surface area contributed by atoms with Crippen LogP contribution < -0.4 is 10.3 Å². The van der Waals surface area contributed by atoms with E-state index >= 15 is 0 Å². The van der Waals surface area contributed by atoms with Gasteiger partial charge in [0.15, 0.2) is 5.16 Å². The van der Waals surface area contributed by atoms with E-state index in [0.717, 1.165) is 50.3 Å². The molecule has 0 fully saturated rings. The predicted molar refractivity (Wildman–Crippen MR) is 142 cm³/mol. The first-order valence-corrected chi connectivity index (χ1v) is 13.7. The van der Waals surface area contributed by atoms with Crippen molar-refractivity contribution >= 4 is 45.1 Å². The average molecular weight is 495 g/mol. The number of hydrogen-bond donors (Lipinski definition) is 0. The van der Waals surface area contributed by atoms with Crippen molar-refractivity contribution in [2.24, 2.45) is 0 Å². The molecule has 1 aliphatic rings. The van der Waals surface area contributed by atoms with Gasteiger partial charge in [0.2, 0.25) is 0 Å². The second-order valence-corrected chi connectivity index (χ2v) is 12.6. The molecule has 0 unspecified atom stereocenters. The number of rotatable bonds is 5. The Bertz CT molecular complexity index is 1370. The first kappa shape index (κ1) is 22.6. The highest BCUT2D eigenvalue weighted by Crippen LogP contribution is 2.44. The molecule has 0 bridgehead atoms. The van der Waals surface area contributed by atoms with E-state index in [0.29, 0.717) is 0 Å². The first-order valence-electron chi connectivity index (χ1n) is 10.9. The zero-order valence-electron chi connectivity index (χ0n) is 19.2. The smallest absolute Gasteiger partial charge is 0.267 e. The molecule has 5 rings (SSSR count). The number of nitrogens with zero attached hydrogens (tertiary/aromatic N) is 2. The van der Waals surface area contributed by atoms with E-state index in [4.69, 9.17) is 9.72 Å². The fraction of sp³-hybridized carbons (Fsp3) is 0.308. The lowest BCUT2D eigenvalue weighted by Crippen LogP contribution is -2.26. The number of fused-ring (bicyclic) bond motifs is 3. The van der Waals surface area contributed by atoms with Crippen LogP contribution in [0.3, 0.4) is 0 Å². The summed E-state index contributed by atoms with van der Waals surface area (Å²) in [5.41, 5.74) is 4.43. The van der Waals surface area contributed by atoms with Gasteiger partial charge >= 0.3 is 0 Å². The highest BCUT2D eigenvalue weighted by molar-refractivity contribution is 8.00. The lowest BCUT2D eigenvalue weighted by molar-refractivity contribution is 0.414. The van der Waals surface area contributed by atoms with Crippen LogP contribution in [0.25, 0.3) is 15.9 Å². The monoisotopic (exact) mass is 494 g/mol. The molecule has 7 heteroatoms. The molecule has 170 valence electrons. The van der Waals surface area contributed by atoms with E-state index in [-0.39, 0.29) is 10.3 Å². The summed E-state index contributed by atoms with van der Waals surface area (Å²) in [6, 6.07) is 16.2. The standard InChI is InChI=1S/C26H26N2O2S3/c1-16-5-9-18(10-6-16)28-24(29)22-20-13-26(2,3)32-15-21(20)33-23(22)27-25(28)31-14-17-7-11-19(30-4)12-8-17/h5-12H,13-15H2,1-4H3. The van der Waals surface area contributed by atoms with Crippen LogP contribution in [0.15, 0.2) is 58.5 Å². The average Bonchev–Trinajstić information content (AvgIpc) is 3.15. The van der Waals surface area contributed by atoms with Gasteiger partial charge in [0.1, 0.15) is 10.6 Å². The van der Waals surface area contributed by atoms with Gasteiger partial charge in [-0.1, -0.05) is 55.4 Å². The van der Waals surface area contributed by atoms with Crippen molar-refractivity contribution in [3.8, 4) is 11.4 Å². The SMILES string of the molecule is COc1ccc(CSc2nc3sc4c(c3c(=O)n2-c2ccc(C)cc2)CC(C)(C)SC4)cc1. The van der Waals surface area contributed by atoms with Crippen molar-refractivity contribution in [3.05, 3.63) is 80.5 Å². The summed E-state index contributed by atoms with van der Waals surface area (Å²) in [6.45, 7) is 6.58. The Morgan fingerprint density at radius 3 is 2.55 bits per heavy atom. The Morgan fingerprint density at radius 2 is 1.85 bits per heavy atom. The summed E-state index contributed by atoms with van der Waals surface area (Å²) in [7, 11) is 1.67. The summed E-state index contributed by atoms with van der Waals surface area (Å²) in [6.07, 6.45) is 0.899. The zero-order valence-corrected chi connectivity index (χ0v) is 21.6. The first-order chi connectivity index (χ1) is 15.8. The van der Waals surface area contributed by atoms with Crippen LogP contribution in [-0.4, -0.2) is 21.4 Å². The van der Waals surface area contributed by atoms with Crippen molar-refractivity contribution in [2.75, 3.05) is 7.11 Å². The van der Waals surface area contributed by atoms with Crippen LogP contribution in [-0.2, 0) is 17.9 Å². The number of hydrogen-bond acceptors (Lipinski definition) is 6. The van der Waals surface area contributed by atoms with Crippen molar-refractivity contribution < 1.29 is 4.74 Å². The lowest BCUT2D eigenvalue weighted by atomic mass is 10.00. The Kier molecular flexibility index (Phi) is 6.05. The maximum atomic E-state index is 14.0. The minimum atomic E-state index is 0.0429. The Labute approximate surface area is 206 Å². The summed E-state index contributed by atoms with van der Waals surface area (Å²) in [4.78, 5) is 21.2. The molecule has 0 radical (unpaired) electrons. The van der Waals surface area contributed by atoms with E-state index < -0.39 is 0 Å². The van der Waals surface area contributed by atoms with Gasteiger partial charge in [-0.05, 0) is 48.7 Å². The quantitative estimate of drug-likeness (QED) is 0.230. The Hall–Kier alpha value is -2.22. The number of benzene rings is 2. The van der Waals surface area contributed by atoms with E-state index in [1.807, 2.05) is 48.2 Å².